The van der Waals surface area contributed by atoms with Crippen LogP contribution in [0.3, 0.4) is 0 Å². The number of rotatable bonds is 4. The standard InChI is InChI=1S/C11H14N2O3/c1-16-11(15)9(12)6-7-2-4-8(5-3-7)10(13)14/h2-5,9H,6,12H2,1H3,(H2,13,14). The molecule has 0 bridgehead atoms. The molecule has 86 valence electrons. The number of carbonyl (C=O) groups excluding carboxylic acids is 2. The van der Waals surface area contributed by atoms with Gasteiger partial charge in [0, 0.05) is 5.56 Å². The number of carbonyl (C=O) groups is 2. The quantitative estimate of drug-likeness (QED) is 0.691. The van der Waals surface area contributed by atoms with Gasteiger partial charge in [0.15, 0.2) is 0 Å². The number of benzene rings is 1. The van der Waals surface area contributed by atoms with Crippen molar-refractivity contribution >= 4 is 11.9 Å². The van der Waals surface area contributed by atoms with Crippen LogP contribution < -0.4 is 11.5 Å². The van der Waals surface area contributed by atoms with Crippen LogP contribution >= 0.6 is 0 Å². The molecule has 4 N–H and O–H groups in total. The molecule has 0 aliphatic carbocycles. The van der Waals surface area contributed by atoms with Crippen LogP contribution in [0.25, 0.3) is 0 Å². The molecule has 1 atom stereocenters. The van der Waals surface area contributed by atoms with E-state index in [0.29, 0.717) is 12.0 Å². The fraction of sp³-hybridized carbons (Fsp3) is 0.273. The van der Waals surface area contributed by atoms with Crippen molar-refractivity contribution in [3.8, 4) is 0 Å². The van der Waals surface area contributed by atoms with Gasteiger partial charge in [-0.1, -0.05) is 12.1 Å². The highest BCUT2D eigenvalue weighted by atomic mass is 16.5. The molecule has 0 aliphatic heterocycles. The average molecular weight is 222 g/mol. The van der Waals surface area contributed by atoms with E-state index in [1.165, 1.54) is 7.11 Å². The molecule has 1 aromatic carbocycles. The summed E-state index contributed by atoms with van der Waals surface area (Å²) < 4.78 is 4.51. The highest BCUT2D eigenvalue weighted by Gasteiger charge is 2.14. The van der Waals surface area contributed by atoms with E-state index >= 15 is 0 Å². The summed E-state index contributed by atoms with van der Waals surface area (Å²) in [5.74, 6) is -0.942. The van der Waals surface area contributed by atoms with Gasteiger partial charge in [-0.05, 0) is 24.1 Å². The number of hydrogen-bond donors (Lipinski definition) is 2. The first-order valence-electron chi connectivity index (χ1n) is 4.76. The molecule has 0 saturated heterocycles. The van der Waals surface area contributed by atoms with Gasteiger partial charge in [0.1, 0.15) is 6.04 Å². The maximum absolute atomic E-state index is 11.1. The lowest BCUT2D eigenvalue weighted by atomic mass is 10.0. The van der Waals surface area contributed by atoms with E-state index in [9.17, 15) is 9.59 Å². The normalized spacial score (nSPS) is 11.9. The average Bonchev–Trinajstić information content (AvgIpc) is 2.28. The molecule has 5 heteroatoms. The van der Waals surface area contributed by atoms with Crippen molar-refractivity contribution in [3.05, 3.63) is 35.4 Å². The third kappa shape index (κ3) is 3.06. The summed E-state index contributed by atoms with van der Waals surface area (Å²) in [7, 11) is 1.29. The third-order valence-corrected chi connectivity index (χ3v) is 2.20. The summed E-state index contributed by atoms with van der Waals surface area (Å²) in [6.45, 7) is 0. The topological polar surface area (TPSA) is 95.4 Å². The van der Waals surface area contributed by atoms with Crippen LogP contribution in [0.1, 0.15) is 15.9 Å². The summed E-state index contributed by atoms with van der Waals surface area (Å²) >= 11 is 0. The summed E-state index contributed by atoms with van der Waals surface area (Å²) in [5, 5.41) is 0. The summed E-state index contributed by atoms with van der Waals surface area (Å²) in [5.41, 5.74) is 12.0. The number of amides is 1. The maximum atomic E-state index is 11.1. The van der Waals surface area contributed by atoms with Crippen molar-refractivity contribution in [2.75, 3.05) is 7.11 Å². The number of nitrogens with two attached hydrogens (primary N) is 2. The van der Waals surface area contributed by atoms with Gasteiger partial charge in [-0.3, -0.25) is 9.59 Å². The molecule has 1 aromatic rings. The fourth-order valence-electron chi connectivity index (χ4n) is 1.29. The number of ether oxygens (including phenoxy) is 1. The van der Waals surface area contributed by atoms with E-state index in [4.69, 9.17) is 11.5 Å². The summed E-state index contributed by atoms with van der Waals surface area (Å²) in [6, 6.07) is 5.93. The minimum Gasteiger partial charge on any atom is -0.468 e. The van der Waals surface area contributed by atoms with Gasteiger partial charge in [0.05, 0.1) is 7.11 Å². The van der Waals surface area contributed by atoms with Gasteiger partial charge >= 0.3 is 5.97 Å². The van der Waals surface area contributed by atoms with E-state index in [2.05, 4.69) is 4.74 Å². The molecular weight excluding hydrogens is 208 g/mol. The zero-order chi connectivity index (χ0) is 12.1. The smallest absolute Gasteiger partial charge is 0.322 e. The number of primary amides is 1. The van der Waals surface area contributed by atoms with Crippen molar-refractivity contribution in [2.45, 2.75) is 12.5 Å². The van der Waals surface area contributed by atoms with E-state index in [-0.39, 0.29) is 0 Å². The Morgan fingerprint density at radius 2 is 1.88 bits per heavy atom. The Morgan fingerprint density at radius 3 is 2.31 bits per heavy atom. The Balaban J connectivity index is 2.68. The Bertz CT molecular complexity index is 387. The minimum atomic E-state index is -0.690. The van der Waals surface area contributed by atoms with Gasteiger partial charge in [0.25, 0.3) is 0 Å². The van der Waals surface area contributed by atoms with Crippen molar-refractivity contribution in [1.29, 1.82) is 0 Å². The molecule has 1 rings (SSSR count). The highest BCUT2D eigenvalue weighted by Crippen LogP contribution is 2.06. The molecule has 16 heavy (non-hydrogen) atoms. The molecule has 0 aliphatic rings. The molecule has 1 amide bonds. The Kier molecular flexibility index (Phi) is 4.02. The largest absolute Gasteiger partial charge is 0.468 e. The molecule has 5 nitrogen and oxygen atoms in total. The van der Waals surface area contributed by atoms with Crippen LogP contribution in [0.4, 0.5) is 0 Å². The van der Waals surface area contributed by atoms with Gasteiger partial charge in [-0.15, -0.1) is 0 Å². The van der Waals surface area contributed by atoms with Gasteiger partial charge in [-0.2, -0.15) is 0 Å². The Labute approximate surface area is 93.4 Å². The lowest BCUT2D eigenvalue weighted by Gasteiger charge is -2.09. The second kappa shape index (κ2) is 5.27. The third-order valence-electron chi connectivity index (χ3n) is 2.20. The van der Waals surface area contributed by atoms with Gasteiger partial charge in [-0.25, -0.2) is 0 Å². The van der Waals surface area contributed by atoms with Crippen molar-refractivity contribution in [1.82, 2.24) is 0 Å². The highest BCUT2D eigenvalue weighted by molar-refractivity contribution is 5.92. The van der Waals surface area contributed by atoms with E-state index in [0.717, 1.165) is 5.56 Å². The first kappa shape index (κ1) is 12.2. The first-order chi connectivity index (χ1) is 7.54. The fourth-order valence-corrected chi connectivity index (χ4v) is 1.29. The Morgan fingerprint density at radius 1 is 1.31 bits per heavy atom. The van der Waals surface area contributed by atoms with Gasteiger partial charge < -0.3 is 16.2 Å². The molecule has 0 aromatic heterocycles. The van der Waals surface area contributed by atoms with E-state index in [1.807, 2.05) is 0 Å². The molecule has 0 radical (unpaired) electrons. The zero-order valence-corrected chi connectivity index (χ0v) is 8.97. The molecule has 0 spiro atoms. The van der Waals surface area contributed by atoms with Crippen LogP contribution in [0.15, 0.2) is 24.3 Å². The molecule has 0 heterocycles. The second-order valence-electron chi connectivity index (χ2n) is 3.39. The monoisotopic (exact) mass is 222 g/mol. The maximum Gasteiger partial charge on any atom is 0.322 e. The number of esters is 1. The molecule has 1 unspecified atom stereocenters. The van der Waals surface area contributed by atoms with Crippen molar-refractivity contribution in [3.63, 3.8) is 0 Å². The minimum absolute atomic E-state index is 0.367. The predicted molar refractivity (Wildman–Crippen MR) is 58.7 cm³/mol. The summed E-state index contributed by atoms with van der Waals surface area (Å²) in [6.07, 6.45) is 0.367. The summed E-state index contributed by atoms with van der Waals surface area (Å²) in [4.78, 5) is 21.9. The van der Waals surface area contributed by atoms with Crippen LogP contribution in [-0.2, 0) is 16.0 Å². The van der Waals surface area contributed by atoms with Crippen LogP contribution in [0.2, 0.25) is 0 Å². The van der Waals surface area contributed by atoms with Crippen LogP contribution in [0.5, 0.6) is 0 Å². The van der Waals surface area contributed by atoms with E-state index < -0.39 is 17.9 Å². The lowest BCUT2D eigenvalue weighted by molar-refractivity contribution is -0.142. The van der Waals surface area contributed by atoms with E-state index in [1.54, 1.807) is 24.3 Å². The Hall–Kier alpha value is -1.88. The number of methoxy groups -OCH3 is 1. The van der Waals surface area contributed by atoms with Crippen LogP contribution in [0, 0.1) is 0 Å². The van der Waals surface area contributed by atoms with Crippen LogP contribution in [-0.4, -0.2) is 25.0 Å². The molecule has 0 fully saturated rings. The van der Waals surface area contributed by atoms with Crippen molar-refractivity contribution in [2.24, 2.45) is 11.5 Å². The first-order valence-corrected chi connectivity index (χ1v) is 4.76. The predicted octanol–water partition coefficient (Wildman–Crippen LogP) is -0.172. The zero-order valence-electron chi connectivity index (χ0n) is 8.97. The molecule has 0 saturated carbocycles. The second-order valence-corrected chi connectivity index (χ2v) is 3.39. The lowest BCUT2D eigenvalue weighted by Crippen LogP contribution is -2.33. The van der Waals surface area contributed by atoms with Gasteiger partial charge in [0.2, 0.25) is 5.91 Å². The molecular formula is C11H14N2O3. The SMILES string of the molecule is COC(=O)C(N)Cc1ccc(C(N)=O)cc1. The van der Waals surface area contributed by atoms with Crippen molar-refractivity contribution < 1.29 is 14.3 Å². The number of hydrogen-bond acceptors (Lipinski definition) is 4.